The molecule has 0 spiro atoms. The van der Waals surface area contributed by atoms with Crippen LogP contribution in [-0.2, 0) is 0 Å². The lowest BCUT2D eigenvalue weighted by Crippen LogP contribution is -1.98. The second-order valence-corrected chi connectivity index (χ2v) is 7.13. The number of aldehydes is 1. The molecule has 0 amide bonds. The number of benzene rings is 1. The molecule has 0 atom stereocenters. The van der Waals surface area contributed by atoms with Gasteiger partial charge in [0.2, 0.25) is 0 Å². The molecular weight excluding hydrogens is 298 g/mol. The number of hydrogen-bond donors (Lipinski definition) is 0. The lowest BCUT2D eigenvalue weighted by Gasteiger charge is -2.13. The van der Waals surface area contributed by atoms with E-state index in [0.29, 0.717) is 0 Å². The summed E-state index contributed by atoms with van der Waals surface area (Å²) in [5, 5.41) is 1.99. The van der Waals surface area contributed by atoms with Gasteiger partial charge in [-0.15, -0.1) is 23.5 Å². The minimum atomic E-state index is 0.769. The number of hydrogen-bond acceptors (Lipinski definition) is 4. The summed E-state index contributed by atoms with van der Waals surface area (Å²) in [4.78, 5) is 17.5. The number of nitrogens with zero attached hydrogens (tertiary/aromatic N) is 1. The first-order valence-corrected chi connectivity index (χ1v) is 9.34. The molecule has 0 unspecified atom stereocenters. The minimum absolute atomic E-state index is 0.769. The van der Waals surface area contributed by atoms with Crippen molar-refractivity contribution in [2.75, 3.05) is 11.5 Å². The molecule has 2 nitrogen and oxygen atoms in total. The van der Waals surface area contributed by atoms with Gasteiger partial charge in [0.05, 0.1) is 11.1 Å². The van der Waals surface area contributed by atoms with E-state index in [1.54, 1.807) is 23.5 Å². The van der Waals surface area contributed by atoms with Crippen LogP contribution in [0.15, 0.2) is 28.1 Å². The topological polar surface area (TPSA) is 30.0 Å². The number of pyridine rings is 1. The summed E-state index contributed by atoms with van der Waals surface area (Å²) in [6.45, 7) is 6.39. The number of para-hydroxylation sites is 1. The molecule has 0 fully saturated rings. The number of thioether (sulfide) groups is 2. The third-order valence-corrected chi connectivity index (χ3v) is 5.72. The Bertz CT molecular complexity index is 640. The molecule has 0 aliphatic rings. The zero-order valence-electron chi connectivity index (χ0n) is 12.8. The van der Waals surface area contributed by atoms with Crippen LogP contribution in [0, 0.1) is 6.92 Å². The average molecular weight is 319 g/mol. The fraction of sp³-hybridized carbons (Fsp3) is 0.412. The van der Waals surface area contributed by atoms with Gasteiger partial charge in [0, 0.05) is 10.3 Å². The molecule has 2 rings (SSSR count). The van der Waals surface area contributed by atoms with Crippen LogP contribution in [0.1, 0.15) is 42.6 Å². The van der Waals surface area contributed by atoms with Gasteiger partial charge in [0.25, 0.3) is 0 Å². The normalized spacial score (nSPS) is 11.0. The Morgan fingerprint density at radius 1 is 1.14 bits per heavy atom. The Labute approximate surface area is 135 Å². The van der Waals surface area contributed by atoms with Crippen molar-refractivity contribution >= 4 is 40.7 Å². The molecule has 0 aliphatic heterocycles. The van der Waals surface area contributed by atoms with E-state index in [2.05, 4.69) is 32.9 Å². The molecule has 4 heteroatoms. The molecule has 0 saturated carbocycles. The third kappa shape index (κ3) is 3.61. The standard InChI is InChI=1S/C17H21NOS2/c1-4-9-20-16-13-8-6-7-12(3)15(13)18-17(14(16)11-19)21-10-5-2/h6-8,11H,4-5,9-10H2,1-3H3. The molecular formula is C17H21NOS2. The fourth-order valence-corrected chi connectivity index (χ4v) is 4.12. The molecule has 1 heterocycles. The summed E-state index contributed by atoms with van der Waals surface area (Å²) in [5.74, 6) is 2.01. The molecule has 1 aromatic carbocycles. The zero-order chi connectivity index (χ0) is 15.2. The van der Waals surface area contributed by atoms with Gasteiger partial charge in [-0.2, -0.15) is 0 Å². The van der Waals surface area contributed by atoms with Crippen molar-refractivity contribution < 1.29 is 4.79 Å². The van der Waals surface area contributed by atoms with Gasteiger partial charge < -0.3 is 0 Å². The second kappa shape index (κ2) is 7.85. The van der Waals surface area contributed by atoms with Gasteiger partial charge in [0.1, 0.15) is 5.03 Å². The van der Waals surface area contributed by atoms with Crippen LogP contribution in [0.3, 0.4) is 0 Å². The number of carbonyl (C=O) groups is 1. The van der Waals surface area contributed by atoms with Crippen molar-refractivity contribution in [2.24, 2.45) is 0 Å². The van der Waals surface area contributed by atoms with Crippen molar-refractivity contribution in [1.29, 1.82) is 0 Å². The minimum Gasteiger partial charge on any atom is -0.298 e. The van der Waals surface area contributed by atoms with E-state index in [9.17, 15) is 4.79 Å². The molecule has 0 radical (unpaired) electrons. The molecule has 1 aromatic heterocycles. The Hall–Kier alpha value is -1.00. The van der Waals surface area contributed by atoms with Crippen molar-refractivity contribution in [1.82, 2.24) is 4.98 Å². The first kappa shape index (κ1) is 16.4. The SMILES string of the molecule is CCCSc1nc2c(C)cccc2c(SCCC)c1C=O. The maximum Gasteiger partial charge on any atom is 0.153 e. The van der Waals surface area contributed by atoms with Crippen LogP contribution in [0.25, 0.3) is 10.9 Å². The smallest absolute Gasteiger partial charge is 0.153 e. The average Bonchev–Trinajstić information content (AvgIpc) is 2.50. The van der Waals surface area contributed by atoms with E-state index in [-0.39, 0.29) is 0 Å². The largest absolute Gasteiger partial charge is 0.298 e. The van der Waals surface area contributed by atoms with Crippen LogP contribution in [0.2, 0.25) is 0 Å². The molecule has 2 aromatic rings. The third-order valence-electron chi connectivity index (χ3n) is 3.18. The Kier molecular flexibility index (Phi) is 6.12. The van der Waals surface area contributed by atoms with Crippen molar-refractivity contribution in [3.05, 3.63) is 29.3 Å². The van der Waals surface area contributed by atoms with Crippen molar-refractivity contribution in [2.45, 2.75) is 43.5 Å². The molecule has 0 N–H and O–H groups in total. The molecule has 0 saturated heterocycles. The highest BCUT2D eigenvalue weighted by molar-refractivity contribution is 8.00. The summed E-state index contributed by atoms with van der Waals surface area (Å²) < 4.78 is 0. The maximum absolute atomic E-state index is 11.6. The summed E-state index contributed by atoms with van der Waals surface area (Å²) in [6, 6.07) is 6.20. The van der Waals surface area contributed by atoms with E-state index in [4.69, 9.17) is 4.98 Å². The van der Waals surface area contributed by atoms with Crippen LogP contribution in [0.5, 0.6) is 0 Å². The molecule has 21 heavy (non-hydrogen) atoms. The Morgan fingerprint density at radius 3 is 2.52 bits per heavy atom. The van der Waals surface area contributed by atoms with Crippen molar-refractivity contribution in [3.8, 4) is 0 Å². The molecule has 0 aliphatic carbocycles. The second-order valence-electron chi connectivity index (χ2n) is 4.95. The molecule has 112 valence electrons. The first-order chi connectivity index (χ1) is 10.2. The Morgan fingerprint density at radius 2 is 1.86 bits per heavy atom. The van der Waals surface area contributed by atoms with E-state index >= 15 is 0 Å². The lowest BCUT2D eigenvalue weighted by atomic mass is 10.1. The first-order valence-electron chi connectivity index (χ1n) is 7.37. The lowest BCUT2D eigenvalue weighted by molar-refractivity contribution is 0.111. The Balaban J connectivity index is 2.66. The number of rotatable bonds is 7. The van der Waals surface area contributed by atoms with Gasteiger partial charge in [-0.25, -0.2) is 4.98 Å². The van der Waals surface area contributed by atoms with Gasteiger partial charge in [-0.3, -0.25) is 4.79 Å². The quantitative estimate of drug-likeness (QED) is 0.507. The highest BCUT2D eigenvalue weighted by atomic mass is 32.2. The summed E-state index contributed by atoms with van der Waals surface area (Å²) in [7, 11) is 0. The van der Waals surface area contributed by atoms with Crippen LogP contribution < -0.4 is 0 Å². The van der Waals surface area contributed by atoms with Crippen molar-refractivity contribution in [3.63, 3.8) is 0 Å². The zero-order valence-corrected chi connectivity index (χ0v) is 14.4. The number of carbonyl (C=O) groups excluding carboxylic acids is 1. The predicted molar refractivity (Wildman–Crippen MR) is 93.9 cm³/mol. The maximum atomic E-state index is 11.6. The van der Waals surface area contributed by atoms with Gasteiger partial charge >= 0.3 is 0 Å². The molecule has 0 bridgehead atoms. The van der Waals surface area contributed by atoms with Gasteiger partial charge in [0.15, 0.2) is 6.29 Å². The monoisotopic (exact) mass is 319 g/mol. The highest BCUT2D eigenvalue weighted by Crippen LogP contribution is 2.36. The number of aryl methyl sites for hydroxylation is 1. The van der Waals surface area contributed by atoms with E-state index in [1.807, 2.05) is 6.07 Å². The fourth-order valence-electron chi connectivity index (χ4n) is 2.17. The summed E-state index contributed by atoms with van der Waals surface area (Å²) >= 11 is 3.46. The predicted octanol–water partition coefficient (Wildman–Crippen LogP) is 5.36. The van der Waals surface area contributed by atoms with E-state index < -0.39 is 0 Å². The van der Waals surface area contributed by atoms with Gasteiger partial charge in [-0.05, 0) is 36.8 Å². The summed E-state index contributed by atoms with van der Waals surface area (Å²) in [6.07, 6.45) is 3.15. The number of aromatic nitrogens is 1. The number of fused-ring (bicyclic) bond motifs is 1. The van der Waals surface area contributed by atoms with Crippen LogP contribution >= 0.6 is 23.5 Å². The van der Waals surface area contributed by atoms with E-state index in [0.717, 1.165) is 57.0 Å². The van der Waals surface area contributed by atoms with Crippen LogP contribution in [0.4, 0.5) is 0 Å². The van der Waals surface area contributed by atoms with Crippen LogP contribution in [-0.4, -0.2) is 22.8 Å². The van der Waals surface area contributed by atoms with Gasteiger partial charge in [-0.1, -0.05) is 32.0 Å². The highest BCUT2D eigenvalue weighted by Gasteiger charge is 2.16. The summed E-state index contributed by atoms with van der Waals surface area (Å²) in [5.41, 5.74) is 2.96. The van der Waals surface area contributed by atoms with E-state index in [1.165, 1.54) is 5.56 Å².